The minimum absolute atomic E-state index is 0.131. The zero-order valence-corrected chi connectivity index (χ0v) is 19.7. The molecule has 1 saturated heterocycles. The Morgan fingerprint density at radius 3 is 2.91 bits per heavy atom. The molecule has 1 fully saturated rings. The van der Waals surface area contributed by atoms with Crippen LogP contribution in [0.3, 0.4) is 0 Å². The molecule has 8 nitrogen and oxygen atoms in total. The van der Waals surface area contributed by atoms with Crippen molar-refractivity contribution in [2.75, 3.05) is 20.3 Å². The number of morpholine rings is 1. The highest BCUT2D eigenvalue weighted by Gasteiger charge is 2.54. The van der Waals surface area contributed by atoms with Crippen LogP contribution in [0.4, 0.5) is 4.39 Å². The number of rotatable bonds is 3. The van der Waals surface area contributed by atoms with Crippen LogP contribution in [0.15, 0.2) is 59.8 Å². The molecule has 0 bridgehead atoms. The molecule has 2 aromatic carbocycles. The molecule has 0 amide bonds. The lowest BCUT2D eigenvalue weighted by atomic mass is 9.93. The van der Waals surface area contributed by atoms with Gasteiger partial charge in [-0.2, -0.15) is 0 Å². The van der Waals surface area contributed by atoms with Crippen molar-refractivity contribution in [3.63, 3.8) is 0 Å². The van der Waals surface area contributed by atoms with E-state index in [0.29, 0.717) is 48.2 Å². The standard InChI is InChI=1S/C26H25FN4O4/c1-16-13-30(15-28-16)21-6-4-18(10-23(21)32-3)11-24-25-29-35-26(31(25)14-17(2)34-24)8-9-33-22-7-5-19(27)12-20(22)26/h4-7,10-13,15,17H,8-9,14H2,1-3H3/t17-,26-/m0/s1. The Morgan fingerprint density at radius 2 is 2.11 bits per heavy atom. The third kappa shape index (κ3) is 3.50. The van der Waals surface area contributed by atoms with Crippen LogP contribution in [0.5, 0.6) is 11.5 Å². The first-order valence-corrected chi connectivity index (χ1v) is 11.5. The molecule has 3 aliphatic rings. The number of hydrogen-bond acceptors (Lipinski definition) is 7. The lowest BCUT2D eigenvalue weighted by molar-refractivity contribution is -0.137. The summed E-state index contributed by atoms with van der Waals surface area (Å²) in [6.07, 6.45) is 6.00. The second kappa shape index (κ2) is 8.04. The number of oxime groups is 1. The first-order chi connectivity index (χ1) is 17.0. The molecule has 0 unspecified atom stereocenters. The first-order valence-electron chi connectivity index (χ1n) is 11.5. The quantitative estimate of drug-likeness (QED) is 0.559. The highest BCUT2D eigenvalue weighted by molar-refractivity contribution is 6.01. The average molecular weight is 477 g/mol. The van der Waals surface area contributed by atoms with Crippen molar-refractivity contribution in [3.8, 4) is 17.2 Å². The number of ether oxygens (including phenoxy) is 3. The van der Waals surface area contributed by atoms with E-state index in [1.165, 1.54) is 12.1 Å². The van der Waals surface area contributed by atoms with Gasteiger partial charge in [0.25, 0.3) is 0 Å². The zero-order valence-electron chi connectivity index (χ0n) is 19.7. The van der Waals surface area contributed by atoms with Crippen molar-refractivity contribution in [1.29, 1.82) is 0 Å². The van der Waals surface area contributed by atoms with Crippen molar-refractivity contribution in [2.45, 2.75) is 32.1 Å². The lowest BCUT2D eigenvalue weighted by Crippen LogP contribution is -2.54. The van der Waals surface area contributed by atoms with Crippen molar-refractivity contribution in [1.82, 2.24) is 14.5 Å². The van der Waals surface area contributed by atoms with Crippen LogP contribution >= 0.6 is 0 Å². The molecule has 9 heteroatoms. The van der Waals surface area contributed by atoms with Crippen LogP contribution in [0.1, 0.15) is 30.2 Å². The van der Waals surface area contributed by atoms with E-state index in [1.54, 1.807) is 19.5 Å². The van der Waals surface area contributed by atoms with Gasteiger partial charge >= 0.3 is 0 Å². The van der Waals surface area contributed by atoms with E-state index in [0.717, 1.165) is 16.9 Å². The zero-order chi connectivity index (χ0) is 24.2. The summed E-state index contributed by atoms with van der Waals surface area (Å²) in [5.74, 6) is 2.12. The molecule has 6 rings (SSSR count). The van der Waals surface area contributed by atoms with Gasteiger partial charge in [0.05, 0.1) is 43.5 Å². The molecular weight excluding hydrogens is 451 g/mol. The smallest absolute Gasteiger partial charge is 0.244 e. The number of imidazole rings is 1. The molecule has 4 heterocycles. The molecule has 180 valence electrons. The third-order valence-electron chi connectivity index (χ3n) is 6.52. The fourth-order valence-electron chi connectivity index (χ4n) is 4.91. The summed E-state index contributed by atoms with van der Waals surface area (Å²) in [7, 11) is 1.64. The normalized spacial score (nSPS) is 23.8. The monoisotopic (exact) mass is 476 g/mol. The van der Waals surface area contributed by atoms with Gasteiger partial charge in [-0.15, -0.1) is 0 Å². The minimum atomic E-state index is -0.928. The van der Waals surface area contributed by atoms with Gasteiger partial charge < -0.3 is 28.5 Å². The van der Waals surface area contributed by atoms with E-state index in [-0.39, 0.29) is 11.9 Å². The number of hydrogen-bond donors (Lipinski definition) is 0. The van der Waals surface area contributed by atoms with Crippen molar-refractivity contribution < 1.29 is 23.4 Å². The summed E-state index contributed by atoms with van der Waals surface area (Å²) in [4.78, 5) is 12.4. The maximum atomic E-state index is 14.2. The number of aromatic nitrogens is 2. The Bertz CT molecular complexity index is 1370. The summed E-state index contributed by atoms with van der Waals surface area (Å²) < 4.78 is 33.7. The van der Waals surface area contributed by atoms with Crippen LogP contribution in [-0.4, -0.2) is 46.7 Å². The van der Waals surface area contributed by atoms with Gasteiger partial charge in [0.1, 0.15) is 23.4 Å². The number of methoxy groups -OCH3 is 1. The molecule has 0 N–H and O–H groups in total. The molecule has 3 aromatic rings. The van der Waals surface area contributed by atoms with Crippen LogP contribution in [0.25, 0.3) is 11.8 Å². The SMILES string of the molecule is COc1cc(C=C2O[C@@H](C)CN3C2=NO[C@]32CCOc3ccc(F)cc32)ccc1-n1cnc(C)c1. The molecule has 1 aromatic heterocycles. The van der Waals surface area contributed by atoms with Crippen molar-refractivity contribution >= 4 is 11.9 Å². The number of aryl methyl sites for hydroxylation is 1. The Labute approximate surface area is 202 Å². The lowest BCUT2D eigenvalue weighted by Gasteiger charge is -2.43. The van der Waals surface area contributed by atoms with Crippen LogP contribution in [0.2, 0.25) is 0 Å². The largest absolute Gasteiger partial charge is 0.495 e. The fourth-order valence-corrected chi connectivity index (χ4v) is 4.91. The number of amidine groups is 1. The van der Waals surface area contributed by atoms with Crippen LogP contribution in [0, 0.1) is 12.7 Å². The van der Waals surface area contributed by atoms with Gasteiger partial charge in [-0.25, -0.2) is 9.37 Å². The number of benzene rings is 2. The molecule has 2 atom stereocenters. The van der Waals surface area contributed by atoms with Gasteiger partial charge in [0.15, 0.2) is 5.76 Å². The number of fused-ring (bicyclic) bond motifs is 4. The van der Waals surface area contributed by atoms with Gasteiger partial charge in [-0.3, -0.25) is 0 Å². The van der Waals surface area contributed by atoms with Crippen LogP contribution in [-0.2, 0) is 15.3 Å². The fraction of sp³-hybridized carbons (Fsp3) is 0.308. The predicted octanol–water partition coefficient (Wildman–Crippen LogP) is 4.37. The van der Waals surface area contributed by atoms with E-state index in [9.17, 15) is 4.39 Å². The van der Waals surface area contributed by atoms with E-state index in [4.69, 9.17) is 19.0 Å². The topological polar surface area (TPSA) is 70.3 Å². The maximum Gasteiger partial charge on any atom is 0.244 e. The highest BCUT2D eigenvalue weighted by atomic mass is 19.1. The van der Waals surface area contributed by atoms with Gasteiger partial charge in [-0.05, 0) is 55.8 Å². The van der Waals surface area contributed by atoms with E-state index in [2.05, 4.69) is 15.0 Å². The molecule has 3 aliphatic heterocycles. The Morgan fingerprint density at radius 1 is 1.23 bits per heavy atom. The minimum Gasteiger partial charge on any atom is -0.495 e. The number of halogens is 1. The summed E-state index contributed by atoms with van der Waals surface area (Å²) in [5, 5.41) is 4.41. The highest BCUT2D eigenvalue weighted by Crippen LogP contribution is 2.48. The molecule has 0 radical (unpaired) electrons. The molecule has 0 saturated carbocycles. The number of nitrogens with zero attached hydrogens (tertiary/aromatic N) is 4. The maximum absolute atomic E-state index is 14.2. The molecule has 1 spiro atoms. The van der Waals surface area contributed by atoms with Gasteiger partial charge in [0.2, 0.25) is 11.6 Å². The Kier molecular flexibility index (Phi) is 4.94. The van der Waals surface area contributed by atoms with Crippen molar-refractivity contribution in [2.24, 2.45) is 5.16 Å². The summed E-state index contributed by atoms with van der Waals surface area (Å²) in [6, 6.07) is 10.4. The second-order valence-corrected chi connectivity index (χ2v) is 8.93. The first kappa shape index (κ1) is 21.5. The van der Waals surface area contributed by atoms with E-state index in [1.807, 2.05) is 48.9 Å². The summed E-state index contributed by atoms with van der Waals surface area (Å²) >= 11 is 0. The average Bonchev–Trinajstić information content (AvgIpc) is 3.44. The van der Waals surface area contributed by atoms with Gasteiger partial charge in [0, 0.05) is 12.6 Å². The predicted molar refractivity (Wildman–Crippen MR) is 127 cm³/mol. The summed E-state index contributed by atoms with van der Waals surface area (Å²) in [6.45, 7) is 4.93. The summed E-state index contributed by atoms with van der Waals surface area (Å²) in [5.41, 5.74) is 2.40. The second-order valence-electron chi connectivity index (χ2n) is 8.93. The third-order valence-corrected chi connectivity index (χ3v) is 6.52. The molecule has 0 aliphatic carbocycles. The molecular formula is C26H25FN4O4. The van der Waals surface area contributed by atoms with Crippen molar-refractivity contribution in [3.05, 3.63) is 77.3 Å². The van der Waals surface area contributed by atoms with E-state index < -0.39 is 5.72 Å². The van der Waals surface area contributed by atoms with E-state index >= 15 is 0 Å². The van der Waals surface area contributed by atoms with Gasteiger partial charge in [-0.1, -0.05) is 11.2 Å². The Balaban J connectivity index is 1.37. The molecule has 35 heavy (non-hydrogen) atoms. The van der Waals surface area contributed by atoms with Crippen LogP contribution < -0.4 is 9.47 Å². The Hall–Kier alpha value is -4.01.